The van der Waals surface area contributed by atoms with E-state index in [0.29, 0.717) is 35.7 Å². The number of hydrogen-bond acceptors (Lipinski definition) is 7. The monoisotopic (exact) mass is 547 g/mol. The molecule has 0 bridgehead atoms. The van der Waals surface area contributed by atoms with Crippen molar-refractivity contribution in [2.75, 3.05) is 38.1 Å². The zero-order valence-electron chi connectivity index (χ0n) is 24.3. The second kappa shape index (κ2) is 11.4. The molecule has 8 heteroatoms. The predicted octanol–water partition coefficient (Wildman–Crippen LogP) is 5.78. The number of para-hydroxylation sites is 2. The van der Waals surface area contributed by atoms with Crippen molar-refractivity contribution in [3.63, 3.8) is 0 Å². The third-order valence-corrected chi connectivity index (χ3v) is 8.32. The Bertz CT molecular complexity index is 1310. The maximum atomic E-state index is 14.0. The van der Waals surface area contributed by atoms with Gasteiger partial charge >= 0.3 is 0 Å². The van der Waals surface area contributed by atoms with Crippen molar-refractivity contribution in [3.05, 3.63) is 53.2 Å². The molecule has 2 aromatic carbocycles. The van der Waals surface area contributed by atoms with Gasteiger partial charge in [-0.25, -0.2) is 0 Å². The van der Waals surface area contributed by atoms with E-state index in [1.807, 2.05) is 35.2 Å². The van der Waals surface area contributed by atoms with Gasteiger partial charge in [-0.2, -0.15) is 0 Å². The van der Waals surface area contributed by atoms with E-state index in [4.69, 9.17) is 14.2 Å². The quantitative estimate of drug-likeness (QED) is 0.454. The highest BCUT2D eigenvalue weighted by atomic mass is 16.5. The zero-order chi connectivity index (χ0) is 28.4. The lowest BCUT2D eigenvalue weighted by Crippen LogP contribution is -2.45. The first-order chi connectivity index (χ1) is 19.2. The van der Waals surface area contributed by atoms with Crippen LogP contribution in [0, 0.1) is 5.41 Å². The Hall–Kier alpha value is -3.68. The van der Waals surface area contributed by atoms with E-state index < -0.39 is 6.04 Å². The molecule has 1 fully saturated rings. The number of ether oxygens (including phenoxy) is 3. The third-order valence-electron chi connectivity index (χ3n) is 8.32. The topological polar surface area (TPSA) is 89.1 Å². The summed E-state index contributed by atoms with van der Waals surface area (Å²) in [6.07, 6.45) is 6.60. The molecule has 2 N–H and O–H groups in total. The standard InChI is InChI=1S/C32H41N3O5/c1-32(2)17-23-30(25(36)18-32)31(21-15-27(39-4)28(40-5)16-26(21)38-3)35(24-14-10-9-13-22(24)34-23)19-29(37)33-20-11-7-6-8-12-20/h9-10,13-16,20,31,34H,6-8,11-12,17-19H2,1-5H3,(H,33,37). The lowest BCUT2D eigenvalue weighted by Gasteiger charge is -2.38. The van der Waals surface area contributed by atoms with E-state index in [-0.39, 0.29) is 29.7 Å². The molecular weight excluding hydrogens is 506 g/mol. The molecule has 1 heterocycles. The largest absolute Gasteiger partial charge is 0.496 e. The fourth-order valence-electron chi connectivity index (χ4n) is 6.49. The molecule has 1 atom stereocenters. The second-order valence-electron chi connectivity index (χ2n) is 11.9. The summed E-state index contributed by atoms with van der Waals surface area (Å²) in [4.78, 5) is 29.7. The number of carbonyl (C=O) groups excluding carboxylic acids is 2. The molecule has 0 saturated heterocycles. The smallest absolute Gasteiger partial charge is 0.239 e. The van der Waals surface area contributed by atoms with E-state index in [1.54, 1.807) is 27.4 Å². The molecule has 8 nitrogen and oxygen atoms in total. The summed E-state index contributed by atoms with van der Waals surface area (Å²) in [6.45, 7) is 4.33. The van der Waals surface area contributed by atoms with Crippen molar-refractivity contribution in [2.45, 2.75) is 70.9 Å². The van der Waals surface area contributed by atoms with E-state index in [9.17, 15) is 9.59 Å². The first kappa shape index (κ1) is 27.9. The molecule has 214 valence electrons. The average molecular weight is 548 g/mol. The minimum Gasteiger partial charge on any atom is -0.496 e. The number of rotatable bonds is 7. The summed E-state index contributed by atoms with van der Waals surface area (Å²) in [7, 11) is 4.78. The van der Waals surface area contributed by atoms with Crippen LogP contribution in [0.3, 0.4) is 0 Å². The van der Waals surface area contributed by atoms with E-state index >= 15 is 0 Å². The van der Waals surface area contributed by atoms with E-state index in [2.05, 4.69) is 24.5 Å². The van der Waals surface area contributed by atoms with Gasteiger partial charge in [-0.05, 0) is 42.9 Å². The van der Waals surface area contributed by atoms with Gasteiger partial charge in [0.05, 0.1) is 45.3 Å². The summed E-state index contributed by atoms with van der Waals surface area (Å²) in [6, 6.07) is 11.2. The first-order valence-electron chi connectivity index (χ1n) is 14.2. The van der Waals surface area contributed by atoms with Gasteiger partial charge in [0.15, 0.2) is 17.3 Å². The fourth-order valence-corrected chi connectivity index (χ4v) is 6.49. The molecule has 0 aromatic heterocycles. The van der Waals surface area contributed by atoms with Crippen LogP contribution in [0.2, 0.25) is 0 Å². The number of nitrogens with zero attached hydrogens (tertiary/aromatic N) is 1. The van der Waals surface area contributed by atoms with E-state index in [1.165, 1.54) is 6.42 Å². The van der Waals surface area contributed by atoms with Gasteiger partial charge in [0.2, 0.25) is 5.91 Å². The van der Waals surface area contributed by atoms with Gasteiger partial charge in [0, 0.05) is 35.4 Å². The van der Waals surface area contributed by atoms with Crippen LogP contribution in [-0.4, -0.2) is 45.6 Å². The zero-order valence-corrected chi connectivity index (χ0v) is 24.3. The van der Waals surface area contributed by atoms with Crippen LogP contribution in [0.4, 0.5) is 11.4 Å². The molecule has 0 radical (unpaired) electrons. The summed E-state index contributed by atoms with van der Waals surface area (Å²) in [5, 5.41) is 6.89. The van der Waals surface area contributed by atoms with Crippen molar-refractivity contribution in [1.29, 1.82) is 0 Å². The van der Waals surface area contributed by atoms with Gasteiger partial charge < -0.3 is 29.7 Å². The average Bonchev–Trinajstić information content (AvgIpc) is 3.06. The van der Waals surface area contributed by atoms with Crippen LogP contribution in [0.25, 0.3) is 0 Å². The van der Waals surface area contributed by atoms with Crippen molar-refractivity contribution >= 4 is 23.1 Å². The molecule has 1 aliphatic heterocycles. The van der Waals surface area contributed by atoms with Crippen LogP contribution in [0.15, 0.2) is 47.7 Å². The van der Waals surface area contributed by atoms with Crippen LogP contribution in [-0.2, 0) is 9.59 Å². The number of Topliss-reactive ketones (excluding diaryl/α,β-unsaturated/α-hetero) is 1. The Balaban J connectivity index is 1.69. The highest BCUT2D eigenvalue weighted by Gasteiger charge is 2.43. The Kier molecular flexibility index (Phi) is 7.97. The Morgan fingerprint density at radius 2 is 1.65 bits per heavy atom. The Morgan fingerprint density at radius 3 is 2.35 bits per heavy atom. The van der Waals surface area contributed by atoms with Crippen LogP contribution in [0.1, 0.15) is 70.4 Å². The van der Waals surface area contributed by atoms with Gasteiger partial charge in [-0.3, -0.25) is 9.59 Å². The highest BCUT2D eigenvalue weighted by molar-refractivity contribution is 6.02. The van der Waals surface area contributed by atoms with Gasteiger partial charge in [-0.1, -0.05) is 45.2 Å². The lowest BCUT2D eigenvalue weighted by atomic mass is 9.73. The Morgan fingerprint density at radius 1 is 0.975 bits per heavy atom. The molecule has 2 aromatic rings. The van der Waals surface area contributed by atoms with Crippen LogP contribution < -0.4 is 29.7 Å². The molecule has 3 aliphatic rings. The molecule has 1 saturated carbocycles. The first-order valence-corrected chi connectivity index (χ1v) is 14.2. The maximum absolute atomic E-state index is 14.0. The summed E-state index contributed by atoms with van der Waals surface area (Å²) in [5.74, 6) is 1.62. The minimum atomic E-state index is -0.582. The number of ketones is 1. The molecule has 1 amide bonds. The number of nitrogens with one attached hydrogen (secondary N) is 2. The maximum Gasteiger partial charge on any atom is 0.239 e. The normalized spacial score (nSPS) is 20.6. The second-order valence-corrected chi connectivity index (χ2v) is 11.9. The van der Waals surface area contributed by atoms with Crippen molar-refractivity contribution in [1.82, 2.24) is 5.32 Å². The molecule has 2 aliphatic carbocycles. The van der Waals surface area contributed by atoms with Gasteiger partial charge in [-0.15, -0.1) is 0 Å². The number of amides is 1. The highest BCUT2D eigenvalue weighted by Crippen LogP contribution is 2.51. The van der Waals surface area contributed by atoms with Crippen LogP contribution >= 0.6 is 0 Å². The number of allylic oxidation sites excluding steroid dienone is 1. The molecule has 5 rings (SSSR count). The van der Waals surface area contributed by atoms with Crippen molar-refractivity contribution in [2.24, 2.45) is 5.41 Å². The van der Waals surface area contributed by atoms with Crippen molar-refractivity contribution in [3.8, 4) is 17.2 Å². The number of fused-ring (bicyclic) bond motifs is 1. The third kappa shape index (κ3) is 5.49. The summed E-state index contributed by atoms with van der Waals surface area (Å²) < 4.78 is 17.1. The van der Waals surface area contributed by atoms with Crippen LogP contribution in [0.5, 0.6) is 17.2 Å². The summed E-state index contributed by atoms with van der Waals surface area (Å²) >= 11 is 0. The lowest BCUT2D eigenvalue weighted by molar-refractivity contribution is -0.121. The molecular formula is C32H41N3O5. The number of methoxy groups -OCH3 is 3. The van der Waals surface area contributed by atoms with Crippen molar-refractivity contribution < 1.29 is 23.8 Å². The van der Waals surface area contributed by atoms with E-state index in [0.717, 1.165) is 48.3 Å². The molecule has 0 spiro atoms. The number of anilines is 2. The Labute approximate surface area is 237 Å². The number of hydrogen-bond donors (Lipinski definition) is 2. The number of carbonyl (C=O) groups is 2. The predicted molar refractivity (Wildman–Crippen MR) is 156 cm³/mol. The van der Waals surface area contributed by atoms with Gasteiger partial charge in [0.1, 0.15) is 5.75 Å². The number of benzene rings is 2. The SMILES string of the molecule is COc1cc(OC)c(C2C3=C(CC(C)(C)CC3=O)Nc3ccccc3N2CC(=O)NC2CCCCC2)cc1OC. The molecule has 1 unspecified atom stereocenters. The minimum absolute atomic E-state index is 0.0567. The fraction of sp³-hybridized carbons (Fsp3) is 0.500. The summed E-state index contributed by atoms with van der Waals surface area (Å²) in [5.41, 5.74) is 3.80. The van der Waals surface area contributed by atoms with Gasteiger partial charge in [0.25, 0.3) is 0 Å². The molecule has 40 heavy (non-hydrogen) atoms.